The molecule has 2 aliphatic heterocycles. The van der Waals surface area contributed by atoms with Gasteiger partial charge >= 0.3 is 0 Å². The van der Waals surface area contributed by atoms with Crippen molar-refractivity contribution in [2.75, 3.05) is 78.9 Å². The van der Waals surface area contributed by atoms with Crippen molar-refractivity contribution in [1.29, 1.82) is 0 Å². The van der Waals surface area contributed by atoms with E-state index in [1.54, 1.807) is 0 Å². The molecule has 0 aromatic heterocycles. The number of nitrogens with zero attached hydrogens (tertiary/aromatic N) is 2. The summed E-state index contributed by atoms with van der Waals surface area (Å²) in [6.07, 6.45) is 0.692. The monoisotopic (exact) mass is 440 g/mol. The molecule has 0 amide bonds. The average molecular weight is 441 g/mol. The Labute approximate surface area is 189 Å². The fourth-order valence-corrected chi connectivity index (χ4v) is 4.65. The Hall–Kier alpha value is -2.32. The van der Waals surface area contributed by atoms with Gasteiger partial charge in [-0.3, -0.25) is 9.80 Å². The lowest BCUT2D eigenvalue weighted by atomic mass is 10.0. The van der Waals surface area contributed by atoms with E-state index in [1.165, 1.54) is 5.56 Å². The lowest BCUT2D eigenvalue weighted by molar-refractivity contribution is 0.0321. The van der Waals surface area contributed by atoms with Gasteiger partial charge in [-0.2, -0.15) is 0 Å². The highest BCUT2D eigenvalue weighted by Crippen LogP contribution is 2.45. The van der Waals surface area contributed by atoms with E-state index in [9.17, 15) is 5.11 Å². The van der Waals surface area contributed by atoms with Crippen LogP contribution in [0.3, 0.4) is 0 Å². The van der Waals surface area contributed by atoms with Gasteiger partial charge in [0.05, 0.1) is 26.4 Å². The van der Waals surface area contributed by atoms with E-state index >= 15 is 0 Å². The zero-order valence-electron chi connectivity index (χ0n) is 18.6. The Balaban J connectivity index is 1.18. The molecule has 2 aromatic rings. The smallest absolute Gasteiger partial charge is 0.161 e. The third kappa shape index (κ3) is 4.86. The fourth-order valence-electron chi connectivity index (χ4n) is 4.65. The molecule has 7 heteroatoms. The van der Waals surface area contributed by atoms with Gasteiger partial charge in [-0.05, 0) is 34.9 Å². The number of phenols is 1. The molecule has 32 heavy (non-hydrogen) atoms. The predicted octanol–water partition coefficient (Wildman–Crippen LogP) is 2.39. The van der Waals surface area contributed by atoms with Crippen LogP contribution in [0.2, 0.25) is 0 Å². The van der Waals surface area contributed by atoms with Crippen LogP contribution >= 0.6 is 0 Å². The number of ether oxygens (including phenoxy) is 4. The summed E-state index contributed by atoms with van der Waals surface area (Å²) in [6, 6.07) is 10.2. The first-order valence-corrected chi connectivity index (χ1v) is 11.6. The summed E-state index contributed by atoms with van der Waals surface area (Å²) in [5.41, 5.74) is 4.37. The van der Waals surface area contributed by atoms with Crippen LogP contribution in [0, 0.1) is 0 Å². The van der Waals surface area contributed by atoms with Crippen molar-refractivity contribution in [3.63, 3.8) is 0 Å². The van der Waals surface area contributed by atoms with Crippen molar-refractivity contribution in [2.45, 2.75) is 6.42 Å². The summed E-state index contributed by atoms with van der Waals surface area (Å²) < 4.78 is 22.7. The molecule has 0 bridgehead atoms. The van der Waals surface area contributed by atoms with Gasteiger partial charge in [0.15, 0.2) is 11.5 Å². The maximum atomic E-state index is 10.9. The van der Waals surface area contributed by atoms with E-state index in [4.69, 9.17) is 18.9 Å². The highest BCUT2D eigenvalue weighted by Gasteiger charge is 2.24. The first-order chi connectivity index (χ1) is 15.8. The largest absolute Gasteiger partial charge is 0.504 e. The quantitative estimate of drug-likeness (QED) is 0.577. The topological polar surface area (TPSA) is 63.6 Å². The van der Waals surface area contributed by atoms with Crippen LogP contribution in [-0.2, 0) is 15.9 Å². The molecule has 5 rings (SSSR count). The molecule has 0 spiro atoms. The summed E-state index contributed by atoms with van der Waals surface area (Å²) in [5.74, 6) is 1.70. The Bertz CT molecular complexity index is 923. The molecule has 2 fully saturated rings. The molecule has 1 aliphatic carbocycles. The number of rotatable bonds is 8. The number of hydrogen-bond donors (Lipinski definition) is 1. The van der Waals surface area contributed by atoms with Gasteiger partial charge in [0.1, 0.15) is 19.0 Å². The summed E-state index contributed by atoms with van der Waals surface area (Å²) >= 11 is 0. The number of fused-ring (bicyclic) bond motifs is 3. The first-order valence-electron chi connectivity index (χ1n) is 11.6. The molecule has 7 nitrogen and oxygen atoms in total. The molecule has 0 atom stereocenters. The lowest BCUT2D eigenvalue weighted by Crippen LogP contribution is -2.38. The number of hydrogen-bond acceptors (Lipinski definition) is 7. The van der Waals surface area contributed by atoms with Crippen LogP contribution in [0.15, 0.2) is 30.3 Å². The van der Waals surface area contributed by atoms with Crippen LogP contribution in [0.4, 0.5) is 0 Å². The van der Waals surface area contributed by atoms with Crippen molar-refractivity contribution >= 4 is 0 Å². The van der Waals surface area contributed by atoms with E-state index in [0.29, 0.717) is 25.4 Å². The lowest BCUT2D eigenvalue weighted by Gasteiger charge is -2.26. The van der Waals surface area contributed by atoms with E-state index in [2.05, 4.69) is 28.0 Å². The van der Waals surface area contributed by atoms with Gasteiger partial charge in [0, 0.05) is 51.3 Å². The van der Waals surface area contributed by atoms with Crippen molar-refractivity contribution < 1.29 is 24.1 Å². The maximum Gasteiger partial charge on any atom is 0.161 e. The highest BCUT2D eigenvalue weighted by molar-refractivity contribution is 5.81. The normalized spacial score (nSPS) is 18.9. The van der Waals surface area contributed by atoms with Crippen molar-refractivity contribution in [3.8, 4) is 28.4 Å². The third-order valence-electron chi connectivity index (χ3n) is 6.53. The molecular formula is C25H32N2O5. The van der Waals surface area contributed by atoms with Crippen LogP contribution in [0.1, 0.15) is 11.1 Å². The van der Waals surface area contributed by atoms with Crippen LogP contribution in [0.5, 0.6) is 17.2 Å². The molecule has 0 unspecified atom stereocenters. The van der Waals surface area contributed by atoms with Crippen LogP contribution in [-0.4, -0.2) is 93.8 Å². The second kappa shape index (κ2) is 10.1. The predicted molar refractivity (Wildman–Crippen MR) is 122 cm³/mol. The zero-order valence-corrected chi connectivity index (χ0v) is 18.6. The van der Waals surface area contributed by atoms with Gasteiger partial charge in [0.2, 0.25) is 0 Å². The van der Waals surface area contributed by atoms with E-state index in [1.807, 2.05) is 12.1 Å². The maximum absolute atomic E-state index is 10.9. The van der Waals surface area contributed by atoms with E-state index < -0.39 is 0 Å². The molecule has 172 valence electrons. The van der Waals surface area contributed by atoms with Crippen molar-refractivity contribution in [2.24, 2.45) is 0 Å². The minimum Gasteiger partial charge on any atom is -0.504 e. The van der Waals surface area contributed by atoms with E-state index in [-0.39, 0.29) is 5.75 Å². The first kappa shape index (κ1) is 21.5. The summed E-state index contributed by atoms with van der Waals surface area (Å²) in [4.78, 5) is 4.69. The van der Waals surface area contributed by atoms with Crippen LogP contribution in [0.25, 0.3) is 11.1 Å². The number of benzene rings is 2. The zero-order chi connectivity index (χ0) is 21.8. The Morgan fingerprint density at radius 2 is 1.41 bits per heavy atom. The van der Waals surface area contributed by atoms with Gasteiger partial charge in [-0.1, -0.05) is 12.1 Å². The molecule has 2 heterocycles. The van der Waals surface area contributed by atoms with E-state index in [0.717, 1.165) is 88.1 Å². The fraction of sp³-hybridized carbons (Fsp3) is 0.520. The minimum atomic E-state index is 0.260. The van der Waals surface area contributed by atoms with Crippen molar-refractivity contribution in [1.82, 2.24) is 9.80 Å². The molecule has 3 aliphatic rings. The van der Waals surface area contributed by atoms with Crippen LogP contribution < -0.4 is 9.47 Å². The average Bonchev–Trinajstić information content (AvgIpc) is 3.21. The Kier molecular flexibility index (Phi) is 6.78. The number of phenolic OH excluding ortho intramolecular Hbond substituents is 1. The molecule has 2 aromatic carbocycles. The molecular weight excluding hydrogens is 408 g/mol. The van der Waals surface area contributed by atoms with Gasteiger partial charge in [0.25, 0.3) is 0 Å². The third-order valence-corrected chi connectivity index (χ3v) is 6.53. The van der Waals surface area contributed by atoms with Gasteiger partial charge in [-0.15, -0.1) is 0 Å². The van der Waals surface area contributed by atoms with Gasteiger partial charge < -0.3 is 24.1 Å². The summed E-state index contributed by atoms with van der Waals surface area (Å²) in [5, 5.41) is 10.9. The van der Waals surface area contributed by atoms with Gasteiger partial charge in [-0.25, -0.2) is 0 Å². The second-order valence-electron chi connectivity index (χ2n) is 8.54. The highest BCUT2D eigenvalue weighted by atomic mass is 16.5. The Morgan fingerprint density at radius 3 is 2.09 bits per heavy atom. The molecule has 2 saturated heterocycles. The Morgan fingerprint density at radius 1 is 0.781 bits per heavy atom. The number of aromatic hydroxyl groups is 1. The van der Waals surface area contributed by atoms with Crippen molar-refractivity contribution in [3.05, 3.63) is 41.5 Å². The molecule has 0 radical (unpaired) electrons. The number of morpholine rings is 2. The second-order valence-corrected chi connectivity index (χ2v) is 8.54. The summed E-state index contributed by atoms with van der Waals surface area (Å²) in [6.45, 7) is 9.95. The molecule has 1 N–H and O–H groups in total. The minimum absolute atomic E-state index is 0.260. The SMILES string of the molecule is Oc1c(OCCN2CCOCC2)ccc2c1Cc1cc(OCCN3CCOCC3)ccc1-2. The molecule has 0 saturated carbocycles. The summed E-state index contributed by atoms with van der Waals surface area (Å²) in [7, 11) is 0. The standard InChI is InChI=1S/C25H32N2O5/c28-25-23-18-19-17-20(31-15-9-26-5-11-29-12-6-26)1-2-21(19)22(23)3-4-24(25)32-16-10-27-7-13-30-14-8-27/h1-4,17,28H,5-16,18H2.